The number of carbonyl (C=O) groups excluding carboxylic acids is 1. The lowest BCUT2D eigenvalue weighted by Crippen LogP contribution is -2.10. The fourth-order valence-corrected chi connectivity index (χ4v) is 1.65. The van der Waals surface area contributed by atoms with Crippen molar-refractivity contribution in [2.24, 2.45) is 0 Å². The summed E-state index contributed by atoms with van der Waals surface area (Å²) in [7, 11) is 0. The van der Waals surface area contributed by atoms with E-state index in [1.54, 1.807) is 12.4 Å². The highest BCUT2D eigenvalue weighted by Crippen LogP contribution is 2.02. The molecule has 0 atom stereocenters. The van der Waals surface area contributed by atoms with Crippen molar-refractivity contribution in [2.75, 3.05) is 6.61 Å². The monoisotopic (exact) mass is 241 g/mol. The SMILES string of the molecule is O=C(Cc1ccccc1)OCCc1ccncc1. The number of aromatic nitrogens is 1. The Balaban J connectivity index is 1.73. The number of ether oxygens (including phenoxy) is 1. The maximum Gasteiger partial charge on any atom is 0.310 e. The number of hydrogen-bond acceptors (Lipinski definition) is 3. The third kappa shape index (κ3) is 4.01. The first kappa shape index (κ1) is 12.3. The molecule has 0 spiro atoms. The van der Waals surface area contributed by atoms with Gasteiger partial charge in [0.05, 0.1) is 13.0 Å². The summed E-state index contributed by atoms with van der Waals surface area (Å²) in [6, 6.07) is 13.4. The second-order valence-corrected chi connectivity index (χ2v) is 3.99. The van der Waals surface area contributed by atoms with Crippen LogP contribution in [0, 0.1) is 0 Å². The number of nitrogens with zero attached hydrogens (tertiary/aromatic N) is 1. The first-order chi connectivity index (χ1) is 8.84. The molecule has 0 aliphatic rings. The van der Waals surface area contributed by atoms with Crippen LogP contribution in [0.3, 0.4) is 0 Å². The molecule has 0 unspecified atom stereocenters. The average molecular weight is 241 g/mol. The van der Waals surface area contributed by atoms with Gasteiger partial charge in [0.2, 0.25) is 0 Å². The molecule has 0 aliphatic heterocycles. The van der Waals surface area contributed by atoms with E-state index >= 15 is 0 Å². The fourth-order valence-electron chi connectivity index (χ4n) is 1.65. The molecule has 0 saturated heterocycles. The summed E-state index contributed by atoms with van der Waals surface area (Å²) in [4.78, 5) is 15.5. The molecule has 3 nitrogen and oxygen atoms in total. The molecule has 3 heteroatoms. The van der Waals surface area contributed by atoms with Crippen LogP contribution in [0.2, 0.25) is 0 Å². The van der Waals surface area contributed by atoms with Gasteiger partial charge in [0.25, 0.3) is 0 Å². The predicted molar refractivity (Wildman–Crippen MR) is 69.0 cm³/mol. The van der Waals surface area contributed by atoms with Crippen molar-refractivity contribution in [2.45, 2.75) is 12.8 Å². The molecule has 2 aromatic rings. The molecule has 0 N–H and O–H groups in total. The van der Waals surface area contributed by atoms with E-state index in [9.17, 15) is 4.79 Å². The summed E-state index contributed by atoms with van der Waals surface area (Å²) in [6.45, 7) is 0.412. The second kappa shape index (κ2) is 6.55. The summed E-state index contributed by atoms with van der Waals surface area (Å²) >= 11 is 0. The molecule has 0 aliphatic carbocycles. The molecule has 0 radical (unpaired) electrons. The summed E-state index contributed by atoms with van der Waals surface area (Å²) in [5, 5.41) is 0. The van der Waals surface area contributed by atoms with Crippen molar-refractivity contribution >= 4 is 5.97 Å². The van der Waals surface area contributed by atoms with Crippen molar-refractivity contribution < 1.29 is 9.53 Å². The van der Waals surface area contributed by atoms with Gasteiger partial charge in [0, 0.05) is 18.8 Å². The Morgan fingerprint density at radius 2 is 1.72 bits per heavy atom. The quantitative estimate of drug-likeness (QED) is 0.755. The van der Waals surface area contributed by atoms with E-state index in [-0.39, 0.29) is 5.97 Å². The number of pyridine rings is 1. The molecule has 1 aromatic heterocycles. The van der Waals surface area contributed by atoms with Gasteiger partial charge in [-0.25, -0.2) is 0 Å². The van der Waals surface area contributed by atoms with Crippen LogP contribution in [0.5, 0.6) is 0 Å². The summed E-state index contributed by atoms with van der Waals surface area (Å²) in [5.74, 6) is -0.185. The highest BCUT2D eigenvalue weighted by molar-refractivity contribution is 5.72. The fraction of sp³-hybridized carbons (Fsp3) is 0.200. The van der Waals surface area contributed by atoms with E-state index in [0.29, 0.717) is 13.0 Å². The topological polar surface area (TPSA) is 39.2 Å². The Labute approximate surface area is 106 Å². The van der Waals surface area contributed by atoms with Gasteiger partial charge in [-0.1, -0.05) is 30.3 Å². The highest BCUT2D eigenvalue weighted by Gasteiger charge is 2.04. The van der Waals surface area contributed by atoms with Gasteiger partial charge in [-0.2, -0.15) is 0 Å². The Kier molecular flexibility index (Phi) is 4.47. The Morgan fingerprint density at radius 3 is 2.44 bits per heavy atom. The van der Waals surface area contributed by atoms with Gasteiger partial charge in [0.15, 0.2) is 0 Å². The largest absolute Gasteiger partial charge is 0.465 e. The standard InChI is InChI=1S/C15H15NO2/c17-15(12-14-4-2-1-3-5-14)18-11-8-13-6-9-16-10-7-13/h1-7,9-10H,8,11-12H2. The molecule has 0 bridgehead atoms. The first-order valence-corrected chi connectivity index (χ1v) is 5.93. The van der Waals surface area contributed by atoms with Crippen LogP contribution < -0.4 is 0 Å². The summed E-state index contributed by atoms with van der Waals surface area (Å²) in [5.41, 5.74) is 2.10. The van der Waals surface area contributed by atoms with Crippen LogP contribution in [0.1, 0.15) is 11.1 Å². The van der Waals surface area contributed by atoms with E-state index in [1.807, 2.05) is 42.5 Å². The molecule has 18 heavy (non-hydrogen) atoms. The molecule has 1 aromatic carbocycles. The first-order valence-electron chi connectivity index (χ1n) is 5.93. The highest BCUT2D eigenvalue weighted by atomic mass is 16.5. The van der Waals surface area contributed by atoms with Crippen molar-refractivity contribution in [3.8, 4) is 0 Å². The van der Waals surface area contributed by atoms with Crippen LogP contribution in [0.25, 0.3) is 0 Å². The van der Waals surface area contributed by atoms with Crippen LogP contribution in [0.4, 0.5) is 0 Å². The Bertz CT molecular complexity index is 482. The van der Waals surface area contributed by atoms with Gasteiger partial charge >= 0.3 is 5.97 Å². The number of hydrogen-bond donors (Lipinski definition) is 0. The molecular weight excluding hydrogens is 226 g/mol. The number of rotatable bonds is 5. The molecule has 0 fully saturated rings. The smallest absolute Gasteiger partial charge is 0.310 e. The molecular formula is C15H15NO2. The molecule has 0 saturated carbocycles. The minimum absolute atomic E-state index is 0.185. The van der Waals surface area contributed by atoms with Crippen molar-refractivity contribution in [1.82, 2.24) is 4.98 Å². The van der Waals surface area contributed by atoms with E-state index in [1.165, 1.54) is 0 Å². The zero-order valence-electron chi connectivity index (χ0n) is 10.1. The van der Waals surface area contributed by atoms with E-state index < -0.39 is 0 Å². The average Bonchev–Trinajstić information content (AvgIpc) is 2.41. The minimum Gasteiger partial charge on any atom is -0.465 e. The van der Waals surface area contributed by atoms with Crippen LogP contribution in [-0.2, 0) is 22.4 Å². The zero-order valence-corrected chi connectivity index (χ0v) is 10.1. The lowest BCUT2D eigenvalue weighted by Gasteiger charge is -2.04. The van der Waals surface area contributed by atoms with E-state index in [4.69, 9.17) is 4.74 Å². The number of carbonyl (C=O) groups is 1. The van der Waals surface area contributed by atoms with Crippen LogP contribution in [0.15, 0.2) is 54.9 Å². The zero-order chi connectivity index (χ0) is 12.6. The van der Waals surface area contributed by atoms with E-state index in [2.05, 4.69) is 4.98 Å². The Morgan fingerprint density at radius 1 is 1.00 bits per heavy atom. The lowest BCUT2D eigenvalue weighted by atomic mass is 10.1. The maximum atomic E-state index is 11.6. The summed E-state index contributed by atoms with van der Waals surface area (Å²) in [6.07, 6.45) is 4.53. The number of benzene rings is 1. The number of esters is 1. The van der Waals surface area contributed by atoms with Gasteiger partial charge in [0.1, 0.15) is 0 Å². The second-order valence-electron chi connectivity index (χ2n) is 3.99. The molecule has 2 rings (SSSR count). The van der Waals surface area contributed by atoms with Crippen molar-refractivity contribution in [3.05, 3.63) is 66.0 Å². The van der Waals surface area contributed by atoms with Crippen LogP contribution in [-0.4, -0.2) is 17.6 Å². The van der Waals surface area contributed by atoms with Gasteiger partial charge in [-0.05, 0) is 23.3 Å². The predicted octanol–water partition coefficient (Wildman–Crippen LogP) is 2.41. The van der Waals surface area contributed by atoms with Crippen LogP contribution >= 0.6 is 0 Å². The third-order valence-electron chi connectivity index (χ3n) is 2.59. The molecule has 0 amide bonds. The minimum atomic E-state index is -0.185. The van der Waals surface area contributed by atoms with Gasteiger partial charge < -0.3 is 4.74 Å². The summed E-state index contributed by atoms with van der Waals surface area (Å²) < 4.78 is 5.19. The molecule has 1 heterocycles. The van der Waals surface area contributed by atoms with Gasteiger partial charge in [-0.15, -0.1) is 0 Å². The maximum absolute atomic E-state index is 11.6. The molecule has 92 valence electrons. The van der Waals surface area contributed by atoms with Crippen molar-refractivity contribution in [3.63, 3.8) is 0 Å². The van der Waals surface area contributed by atoms with Gasteiger partial charge in [-0.3, -0.25) is 9.78 Å². The van der Waals surface area contributed by atoms with E-state index in [0.717, 1.165) is 17.5 Å². The van der Waals surface area contributed by atoms with Crippen molar-refractivity contribution in [1.29, 1.82) is 0 Å². The Hall–Kier alpha value is -2.16. The lowest BCUT2D eigenvalue weighted by molar-refractivity contribution is -0.142. The normalized spacial score (nSPS) is 10.0. The third-order valence-corrected chi connectivity index (χ3v) is 2.59.